The van der Waals surface area contributed by atoms with Crippen molar-refractivity contribution in [2.75, 3.05) is 13.7 Å². The van der Waals surface area contributed by atoms with E-state index in [1.807, 2.05) is 18.2 Å². The number of nitrogens with zero attached hydrogens (tertiary/aromatic N) is 1. The molecule has 3 rings (SSSR count). The summed E-state index contributed by atoms with van der Waals surface area (Å²) >= 11 is 12.2. The van der Waals surface area contributed by atoms with Gasteiger partial charge in [-0.1, -0.05) is 53.8 Å². The molecule has 156 valence electrons. The molecule has 1 saturated heterocycles. The predicted molar refractivity (Wildman–Crippen MR) is 121 cm³/mol. The second-order valence-corrected chi connectivity index (χ2v) is 8.41. The molecule has 1 fully saturated rings. The lowest BCUT2D eigenvalue weighted by Gasteiger charge is -2.12. The topological polar surface area (TPSA) is 76.1 Å². The van der Waals surface area contributed by atoms with Crippen LogP contribution in [0.25, 0.3) is 6.08 Å². The fraction of sp³-hybridized carbons (Fsp3) is 0.190. The quantitative estimate of drug-likeness (QED) is 0.452. The van der Waals surface area contributed by atoms with Gasteiger partial charge in [0.25, 0.3) is 5.91 Å². The molecule has 2 aromatic carbocycles. The Bertz CT molecular complexity index is 1010. The zero-order valence-electron chi connectivity index (χ0n) is 16.0. The van der Waals surface area contributed by atoms with E-state index in [0.29, 0.717) is 32.4 Å². The minimum atomic E-state index is -0.980. The maximum atomic E-state index is 12.5. The van der Waals surface area contributed by atoms with Crippen LogP contribution in [0.1, 0.15) is 17.5 Å². The average Bonchev–Trinajstić information content (AvgIpc) is 2.99. The molecule has 1 aliphatic heterocycles. The first-order valence-electron chi connectivity index (χ1n) is 8.90. The number of aliphatic carboxylic acids is 1. The highest BCUT2D eigenvalue weighted by atomic mass is 35.5. The van der Waals surface area contributed by atoms with E-state index in [0.717, 1.165) is 22.9 Å². The van der Waals surface area contributed by atoms with E-state index in [1.54, 1.807) is 37.5 Å². The van der Waals surface area contributed by atoms with Gasteiger partial charge in [0.2, 0.25) is 0 Å². The second kappa shape index (κ2) is 9.97. The van der Waals surface area contributed by atoms with Crippen LogP contribution in [0.15, 0.2) is 47.4 Å². The van der Waals surface area contributed by atoms with Gasteiger partial charge in [-0.2, -0.15) is 0 Å². The lowest BCUT2D eigenvalue weighted by atomic mass is 10.1. The van der Waals surface area contributed by atoms with Crippen molar-refractivity contribution in [2.24, 2.45) is 0 Å². The second-order valence-electron chi connectivity index (χ2n) is 6.30. The molecule has 1 amide bonds. The number of ether oxygens (including phenoxy) is 2. The van der Waals surface area contributed by atoms with E-state index >= 15 is 0 Å². The Labute approximate surface area is 188 Å². The molecule has 30 heavy (non-hydrogen) atoms. The number of thioether (sulfide) groups is 1. The number of amides is 1. The number of halogens is 1. The highest BCUT2D eigenvalue weighted by Gasteiger charge is 2.32. The first kappa shape index (κ1) is 22.1. The number of carbonyl (C=O) groups excluding carboxylic acids is 1. The third kappa shape index (κ3) is 5.53. The molecule has 2 aromatic rings. The highest BCUT2D eigenvalue weighted by molar-refractivity contribution is 8.26. The van der Waals surface area contributed by atoms with Crippen LogP contribution >= 0.6 is 35.6 Å². The first-order valence-corrected chi connectivity index (χ1v) is 10.5. The fourth-order valence-corrected chi connectivity index (χ4v) is 4.12. The number of carboxylic acid groups (broad SMARTS) is 1. The summed E-state index contributed by atoms with van der Waals surface area (Å²) in [6.45, 7) is 0.410. The van der Waals surface area contributed by atoms with Gasteiger partial charge in [0, 0.05) is 11.6 Å². The summed E-state index contributed by atoms with van der Waals surface area (Å²) in [6.07, 6.45) is 1.54. The molecule has 6 nitrogen and oxygen atoms in total. The van der Waals surface area contributed by atoms with E-state index in [2.05, 4.69) is 0 Å². The van der Waals surface area contributed by atoms with Gasteiger partial charge in [-0.15, -0.1) is 0 Å². The smallest absolute Gasteiger partial charge is 0.305 e. The van der Waals surface area contributed by atoms with Gasteiger partial charge in [-0.3, -0.25) is 14.5 Å². The Morgan fingerprint density at radius 3 is 2.63 bits per heavy atom. The largest absolute Gasteiger partial charge is 0.493 e. The van der Waals surface area contributed by atoms with Crippen LogP contribution in [0.2, 0.25) is 5.02 Å². The summed E-state index contributed by atoms with van der Waals surface area (Å²) < 4.78 is 11.6. The summed E-state index contributed by atoms with van der Waals surface area (Å²) in [4.78, 5) is 25.0. The average molecular weight is 464 g/mol. The van der Waals surface area contributed by atoms with Crippen LogP contribution in [0.4, 0.5) is 0 Å². The van der Waals surface area contributed by atoms with Gasteiger partial charge in [-0.25, -0.2) is 0 Å². The van der Waals surface area contributed by atoms with Crippen molar-refractivity contribution in [3.63, 3.8) is 0 Å². The molecule has 0 spiro atoms. The predicted octanol–water partition coefficient (Wildman–Crippen LogP) is 4.60. The Hall–Kier alpha value is -2.55. The van der Waals surface area contributed by atoms with Crippen LogP contribution < -0.4 is 9.47 Å². The molecule has 0 saturated carbocycles. The van der Waals surface area contributed by atoms with Gasteiger partial charge in [0.15, 0.2) is 11.5 Å². The summed E-state index contributed by atoms with van der Waals surface area (Å²) in [7, 11) is 1.54. The van der Waals surface area contributed by atoms with Crippen molar-refractivity contribution in [3.8, 4) is 11.5 Å². The SMILES string of the molecule is COc1cc(/C=C2\SC(=S)N(CCC(=O)O)C2=O)ccc1OCc1ccc(Cl)cc1. The molecule has 9 heteroatoms. The van der Waals surface area contributed by atoms with E-state index in [4.69, 9.17) is 38.4 Å². The van der Waals surface area contributed by atoms with Crippen molar-refractivity contribution >= 4 is 57.9 Å². The Kier molecular flexibility index (Phi) is 7.36. The Morgan fingerprint density at radius 1 is 1.23 bits per heavy atom. The van der Waals surface area contributed by atoms with E-state index < -0.39 is 5.97 Å². The van der Waals surface area contributed by atoms with E-state index in [-0.39, 0.29) is 18.9 Å². The third-order valence-corrected chi connectivity index (χ3v) is 5.85. The molecule has 1 N–H and O–H groups in total. The van der Waals surface area contributed by atoms with Gasteiger partial charge in [0.1, 0.15) is 10.9 Å². The third-order valence-electron chi connectivity index (χ3n) is 4.22. The lowest BCUT2D eigenvalue weighted by Crippen LogP contribution is -2.30. The number of carboxylic acids is 1. The van der Waals surface area contributed by atoms with Crippen molar-refractivity contribution in [1.29, 1.82) is 0 Å². The van der Waals surface area contributed by atoms with Crippen LogP contribution in [-0.2, 0) is 16.2 Å². The number of methoxy groups -OCH3 is 1. The molecule has 0 aromatic heterocycles. The molecular formula is C21H18ClNO5S2. The molecule has 0 radical (unpaired) electrons. The molecule has 0 bridgehead atoms. The number of rotatable bonds is 8. The summed E-state index contributed by atoms with van der Waals surface area (Å²) in [6, 6.07) is 12.7. The van der Waals surface area contributed by atoms with Crippen LogP contribution in [0.3, 0.4) is 0 Å². The fourth-order valence-electron chi connectivity index (χ4n) is 2.69. The number of benzene rings is 2. The molecule has 0 atom stereocenters. The van der Waals surface area contributed by atoms with Gasteiger partial charge >= 0.3 is 5.97 Å². The van der Waals surface area contributed by atoms with Crippen LogP contribution in [-0.4, -0.2) is 39.9 Å². The van der Waals surface area contributed by atoms with Gasteiger partial charge < -0.3 is 14.6 Å². The number of carbonyl (C=O) groups is 2. The Balaban J connectivity index is 1.72. The van der Waals surface area contributed by atoms with Crippen molar-refractivity contribution in [2.45, 2.75) is 13.0 Å². The molecule has 0 unspecified atom stereocenters. The standard InChI is InChI=1S/C21H18ClNO5S2/c1-27-17-10-14(4-7-16(17)28-12-13-2-5-15(22)6-3-13)11-18-20(26)23(21(29)30-18)9-8-19(24)25/h2-7,10-11H,8-9,12H2,1H3,(H,24,25)/b18-11-. The highest BCUT2D eigenvalue weighted by Crippen LogP contribution is 2.35. The zero-order valence-corrected chi connectivity index (χ0v) is 18.4. The monoisotopic (exact) mass is 463 g/mol. The summed E-state index contributed by atoms with van der Waals surface area (Å²) in [5.74, 6) is -0.182. The lowest BCUT2D eigenvalue weighted by molar-refractivity contribution is -0.137. The summed E-state index contributed by atoms with van der Waals surface area (Å²) in [5.41, 5.74) is 1.71. The number of thiocarbonyl (C=S) groups is 1. The van der Waals surface area contributed by atoms with Gasteiger partial charge in [-0.05, 0) is 41.5 Å². The van der Waals surface area contributed by atoms with Crippen molar-refractivity contribution < 1.29 is 24.2 Å². The first-order chi connectivity index (χ1) is 14.4. The molecule has 1 aliphatic rings. The molecule has 1 heterocycles. The zero-order chi connectivity index (χ0) is 21.7. The minimum absolute atomic E-state index is 0.0537. The number of hydrogen-bond donors (Lipinski definition) is 1. The minimum Gasteiger partial charge on any atom is -0.493 e. The molecule has 0 aliphatic carbocycles. The number of hydrogen-bond acceptors (Lipinski definition) is 6. The van der Waals surface area contributed by atoms with E-state index in [1.165, 1.54) is 4.90 Å². The maximum absolute atomic E-state index is 12.5. The van der Waals surface area contributed by atoms with E-state index in [9.17, 15) is 9.59 Å². The van der Waals surface area contributed by atoms with Gasteiger partial charge in [0.05, 0.1) is 18.4 Å². The maximum Gasteiger partial charge on any atom is 0.305 e. The van der Waals surface area contributed by atoms with Crippen LogP contribution in [0, 0.1) is 0 Å². The van der Waals surface area contributed by atoms with Crippen molar-refractivity contribution in [3.05, 3.63) is 63.5 Å². The normalized spacial score (nSPS) is 15.0. The van der Waals surface area contributed by atoms with Crippen LogP contribution in [0.5, 0.6) is 11.5 Å². The summed E-state index contributed by atoms with van der Waals surface area (Å²) in [5, 5.41) is 9.49. The van der Waals surface area contributed by atoms with Crippen molar-refractivity contribution in [1.82, 2.24) is 4.90 Å². The molecular weight excluding hydrogens is 446 g/mol. The Morgan fingerprint density at radius 2 is 1.97 bits per heavy atom.